The van der Waals surface area contributed by atoms with Gasteiger partial charge in [-0.2, -0.15) is 0 Å². The molecule has 112 valence electrons. The van der Waals surface area contributed by atoms with Gasteiger partial charge in [0.05, 0.1) is 13.0 Å². The Labute approximate surface area is 130 Å². The van der Waals surface area contributed by atoms with Crippen molar-refractivity contribution in [3.63, 3.8) is 0 Å². The van der Waals surface area contributed by atoms with E-state index in [2.05, 4.69) is 29.8 Å². The van der Waals surface area contributed by atoms with Gasteiger partial charge in [-0.1, -0.05) is 23.8 Å². The van der Waals surface area contributed by atoms with E-state index in [4.69, 9.17) is 4.74 Å². The van der Waals surface area contributed by atoms with E-state index in [-0.39, 0.29) is 5.91 Å². The molecule has 0 radical (unpaired) electrons. The van der Waals surface area contributed by atoms with Crippen LogP contribution >= 0.6 is 11.3 Å². The van der Waals surface area contributed by atoms with E-state index in [0.717, 1.165) is 17.7 Å². The summed E-state index contributed by atoms with van der Waals surface area (Å²) >= 11 is 1.72. The molecule has 0 saturated heterocycles. The van der Waals surface area contributed by atoms with E-state index in [9.17, 15) is 4.79 Å². The Bertz CT molecular complexity index is 578. The van der Waals surface area contributed by atoms with Crippen LogP contribution in [0.1, 0.15) is 22.4 Å². The van der Waals surface area contributed by atoms with Crippen LogP contribution in [0.2, 0.25) is 0 Å². The molecule has 0 saturated carbocycles. The normalized spacial score (nSPS) is 10.4. The number of carbonyl (C=O) groups excluding carboxylic acids is 1. The fourth-order valence-corrected chi connectivity index (χ4v) is 2.79. The maximum Gasteiger partial charge on any atom is 0.223 e. The van der Waals surface area contributed by atoms with Gasteiger partial charge in [0.25, 0.3) is 0 Å². The quantitative estimate of drug-likeness (QED) is 0.850. The van der Waals surface area contributed by atoms with Gasteiger partial charge in [0.2, 0.25) is 5.91 Å². The number of ether oxygens (including phenoxy) is 1. The molecule has 1 N–H and O–H groups in total. The zero-order valence-corrected chi connectivity index (χ0v) is 13.3. The van der Waals surface area contributed by atoms with Crippen LogP contribution in [0.15, 0.2) is 35.7 Å². The van der Waals surface area contributed by atoms with Gasteiger partial charge in [-0.3, -0.25) is 4.79 Å². The lowest BCUT2D eigenvalue weighted by molar-refractivity contribution is -0.121. The van der Waals surface area contributed by atoms with Gasteiger partial charge in [0, 0.05) is 11.4 Å². The number of amides is 1. The van der Waals surface area contributed by atoms with Gasteiger partial charge in [0.1, 0.15) is 5.75 Å². The summed E-state index contributed by atoms with van der Waals surface area (Å²) in [6, 6.07) is 10.2. The van der Waals surface area contributed by atoms with Crippen molar-refractivity contribution in [3.05, 3.63) is 51.7 Å². The summed E-state index contributed by atoms with van der Waals surface area (Å²) in [5.41, 5.74) is 2.32. The molecule has 0 bridgehead atoms. The van der Waals surface area contributed by atoms with Crippen molar-refractivity contribution >= 4 is 17.2 Å². The smallest absolute Gasteiger partial charge is 0.223 e. The van der Waals surface area contributed by atoms with Crippen LogP contribution < -0.4 is 10.1 Å². The molecular formula is C17H21NO2S. The first-order chi connectivity index (χ1) is 10.1. The lowest BCUT2D eigenvalue weighted by Gasteiger charge is -2.10. The topological polar surface area (TPSA) is 38.3 Å². The molecular weight excluding hydrogens is 282 g/mol. The van der Waals surface area contributed by atoms with Gasteiger partial charge in [-0.15, -0.1) is 11.3 Å². The lowest BCUT2D eigenvalue weighted by Crippen LogP contribution is -2.26. The summed E-state index contributed by atoms with van der Waals surface area (Å²) in [5.74, 6) is 0.892. The van der Waals surface area contributed by atoms with Crippen molar-refractivity contribution in [2.75, 3.05) is 13.2 Å². The predicted molar refractivity (Wildman–Crippen MR) is 87.1 cm³/mol. The van der Waals surface area contributed by atoms with Gasteiger partial charge in [-0.05, 0) is 43.3 Å². The largest absolute Gasteiger partial charge is 0.493 e. The highest BCUT2D eigenvalue weighted by atomic mass is 32.1. The summed E-state index contributed by atoms with van der Waals surface area (Å²) < 4.78 is 5.66. The highest BCUT2D eigenvalue weighted by Crippen LogP contribution is 2.18. The van der Waals surface area contributed by atoms with E-state index in [1.54, 1.807) is 11.3 Å². The standard InChI is InChI=1S/C17H21NO2S/c1-13-5-6-16(14(2)12-13)20-10-8-17(19)18-9-7-15-4-3-11-21-15/h3-6,11-12H,7-10H2,1-2H3,(H,18,19). The summed E-state index contributed by atoms with van der Waals surface area (Å²) in [6.07, 6.45) is 1.28. The Balaban J connectivity index is 1.64. The van der Waals surface area contributed by atoms with E-state index < -0.39 is 0 Å². The third kappa shape index (κ3) is 5.23. The second-order valence-corrected chi connectivity index (χ2v) is 6.08. The zero-order chi connectivity index (χ0) is 15.1. The molecule has 21 heavy (non-hydrogen) atoms. The SMILES string of the molecule is Cc1ccc(OCCC(=O)NCCc2cccs2)c(C)c1. The van der Waals surface area contributed by atoms with Crippen molar-refractivity contribution in [2.24, 2.45) is 0 Å². The Morgan fingerprint density at radius 2 is 2.14 bits per heavy atom. The minimum absolute atomic E-state index is 0.0383. The Hall–Kier alpha value is -1.81. The van der Waals surface area contributed by atoms with Crippen molar-refractivity contribution in [1.82, 2.24) is 5.32 Å². The van der Waals surface area contributed by atoms with E-state index in [1.807, 2.05) is 25.1 Å². The first-order valence-corrected chi connectivity index (χ1v) is 8.02. The fraction of sp³-hybridized carbons (Fsp3) is 0.353. The summed E-state index contributed by atoms with van der Waals surface area (Å²) in [7, 11) is 0. The molecule has 2 aromatic rings. The van der Waals surface area contributed by atoms with Crippen LogP contribution in [0.5, 0.6) is 5.75 Å². The van der Waals surface area contributed by atoms with Crippen LogP contribution in [0.3, 0.4) is 0 Å². The molecule has 0 aliphatic carbocycles. The molecule has 1 aromatic carbocycles. The molecule has 3 nitrogen and oxygen atoms in total. The highest BCUT2D eigenvalue weighted by Gasteiger charge is 2.04. The number of benzene rings is 1. The third-order valence-corrected chi connectivity index (χ3v) is 4.13. The van der Waals surface area contributed by atoms with Crippen LogP contribution in [-0.2, 0) is 11.2 Å². The zero-order valence-electron chi connectivity index (χ0n) is 12.5. The minimum Gasteiger partial charge on any atom is -0.493 e. The number of nitrogens with one attached hydrogen (secondary N) is 1. The molecule has 1 aromatic heterocycles. The molecule has 0 aliphatic rings. The number of thiophene rings is 1. The van der Waals surface area contributed by atoms with Crippen molar-refractivity contribution in [3.8, 4) is 5.75 Å². The fourth-order valence-electron chi connectivity index (χ4n) is 2.08. The monoisotopic (exact) mass is 303 g/mol. The molecule has 4 heteroatoms. The molecule has 1 amide bonds. The molecule has 0 aliphatic heterocycles. The molecule has 1 heterocycles. The Morgan fingerprint density at radius 1 is 1.29 bits per heavy atom. The Morgan fingerprint density at radius 3 is 2.86 bits per heavy atom. The van der Waals surface area contributed by atoms with Crippen molar-refractivity contribution < 1.29 is 9.53 Å². The summed E-state index contributed by atoms with van der Waals surface area (Å²) in [5, 5.41) is 4.97. The van der Waals surface area contributed by atoms with Crippen LogP contribution in [0, 0.1) is 13.8 Å². The average molecular weight is 303 g/mol. The van der Waals surface area contributed by atoms with Crippen LogP contribution in [0.4, 0.5) is 0 Å². The second-order valence-electron chi connectivity index (χ2n) is 5.05. The average Bonchev–Trinajstić information content (AvgIpc) is 2.94. The maximum absolute atomic E-state index is 11.7. The first-order valence-electron chi connectivity index (χ1n) is 7.14. The van der Waals surface area contributed by atoms with Gasteiger partial charge >= 0.3 is 0 Å². The second kappa shape index (κ2) is 7.84. The van der Waals surface area contributed by atoms with Gasteiger partial charge in [0.15, 0.2) is 0 Å². The van der Waals surface area contributed by atoms with E-state index in [1.165, 1.54) is 10.4 Å². The number of carbonyl (C=O) groups is 1. The van der Waals surface area contributed by atoms with E-state index in [0.29, 0.717) is 19.6 Å². The number of hydrogen-bond donors (Lipinski definition) is 1. The molecule has 0 spiro atoms. The molecule has 0 fully saturated rings. The van der Waals surface area contributed by atoms with Crippen LogP contribution in [0.25, 0.3) is 0 Å². The van der Waals surface area contributed by atoms with Crippen molar-refractivity contribution in [2.45, 2.75) is 26.7 Å². The van der Waals surface area contributed by atoms with E-state index >= 15 is 0 Å². The van der Waals surface area contributed by atoms with Gasteiger partial charge in [-0.25, -0.2) is 0 Å². The summed E-state index contributed by atoms with van der Waals surface area (Å²) in [4.78, 5) is 13.0. The maximum atomic E-state index is 11.7. The number of aryl methyl sites for hydroxylation is 2. The van der Waals surface area contributed by atoms with Gasteiger partial charge < -0.3 is 10.1 Å². The molecule has 2 rings (SSSR count). The Kier molecular flexibility index (Phi) is 5.81. The summed E-state index contributed by atoms with van der Waals surface area (Å²) in [6.45, 7) is 5.17. The van der Waals surface area contributed by atoms with Crippen molar-refractivity contribution in [1.29, 1.82) is 0 Å². The molecule has 0 unspecified atom stereocenters. The lowest BCUT2D eigenvalue weighted by atomic mass is 10.1. The molecule has 0 atom stereocenters. The number of hydrogen-bond acceptors (Lipinski definition) is 3. The predicted octanol–water partition coefficient (Wildman–Crippen LogP) is 3.49. The highest BCUT2D eigenvalue weighted by molar-refractivity contribution is 7.09. The third-order valence-electron chi connectivity index (χ3n) is 3.19. The minimum atomic E-state index is 0.0383. The number of rotatable bonds is 7. The van der Waals surface area contributed by atoms with Crippen LogP contribution in [-0.4, -0.2) is 19.1 Å². The first kappa shape index (κ1) is 15.6.